The van der Waals surface area contributed by atoms with Gasteiger partial charge in [-0.15, -0.1) is 0 Å². The number of ether oxygens (including phenoxy) is 3. The van der Waals surface area contributed by atoms with Gasteiger partial charge in [-0.2, -0.15) is 0 Å². The van der Waals surface area contributed by atoms with Crippen LogP contribution in [-0.4, -0.2) is 34.7 Å². The van der Waals surface area contributed by atoms with Crippen molar-refractivity contribution in [3.05, 3.63) is 83.9 Å². The monoisotopic (exact) mass is 429 g/mol. The minimum Gasteiger partial charge on any atom is -0.465 e. The number of carbonyl (C=O) groups is 1. The fraction of sp³-hybridized carbons (Fsp3) is 0.130. The smallest absolute Gasteiger partial charge is 0.269 e. The molecule has 0 saturated carbocycles. The van der Waals surface area contributed by atoms with Gasteiger partial charge in [0.1, 0.15) is 23.0 Å². The lowest BCUT2D eigenvalue weighted by atomic mass is 10.0. The fourth-order valence-corrected chi connectivity index (χ4v) is 3.33. The zero-order valence-electron chi connectivity index (χ0n) is 17.2. The van der Waals surface area contributed by atoms with E-state index in [1.165, 1.54) is 6.20 Å². The number of hydrogen-bond acceptors (Lipinski definition) is 8. The van der Waals surface area contributed by atoms with E-state index < -0.39 is 0 Å². The summed E-state index contributed by atoms with van der Waals surface area (Å²) in [5.74, 6) is 2.16. The molecular formula is C23H19N5O4. The molecule has 32 heavy (non-hydrogen) atoms. The van der Waals surface area contributed by atoms with Crippen LogP contribution in [0.15, 0.2) is 78.2 Å². The molecule has 2 N–H and O–H groups in total. The average Bonchev–Trinajstić information content (AvgIpc) is 2.83. The highest BCUT2D eigenvalue weighted by Crippen LogP contribution is 2.29. The van der Waals surface area contributed by atoms with Crippen LogP contribution in [0.3, 0.4) is 0 Å². The Bertz CT molecular complexity index is 1300. The van der Waals surface area contributed by atoms with Crippen LogP contribution in [0.25, 0.3) is 10.9 Å². The maximum Gasteiger partial charge on any atom is 0.269 e. The van der Waals surface area contributed by atoms with Crippen LogP contribution in [0.4, 0.5) is 5.95 Å². The lowest BCUT2D eigenvalue weighted by Gasteiger charge is -2.22. The van der Waals surface area contributed by atoms with Crippen LogP contribution in [0.5, 0.6) is 11.5 Å². The first-order valence-corrected chi connectivity index (χ1v) is 9.92. The van der Waals surface area contributed by atoms with Crippen molar-refractivity contribution in [2.24, 2.45) is 0 Å². The minimum absolute atomic E-state index is 0.238. The third-order valence-corrected chi connectivity index (χ3v) is 4.89. The van der Waals surface area contributed by atoms with Gasteiger partial charge < -0.3 is 24.8 Å². The summed E-state index contributed by atoms with van der Waals surface area (Å²) in [5.41, 5.74) is 2.97. The van der Waals surface area contributed by atoms with E-state index in [4.69, 9.17) is 14.2 Å². The van der Waals surface area contributed by atoms with Crippen molar-refractivity contribution in [2.75, 3.05) is 19.2 Å². The van der Waals surface area contributed by atoms with Gasteiger partial charge in [-0.1, -0.05) is 0 Å². The topological polar surface area (TPSA) is 107 Å². The average molecular weight is 429 g/mol. The van der Waals surface area contributed by atoms with Gasteiger partial charge in [0.05, 0.1) is 11.8 Å². The maximum absolute atomic E-state index is 11.8. The quantitative estimate of drug-likeness (QED) is 0.633. The Morgan fingerprint density at radius 1 is 1.12 bits per heavy atom. The van der Waals surface area contributed by atoms with Crippen molar-refractivity contribution in [2.45, 2.75) is 6.42 Å². The van der Waals surface area contributed by atoms with Gasteiger partial charge in [-0.3, -0.25) is 9.78 Å². The molecule has 1 aliphatic carbocycles. The Kier molecular flexibility index (Phi) is 5.12. The highest BCUT2D eigenvalue weighted by molar-refractivity contribution is 5.92. The molecule has 0 fully saturated rings. The van der Waals surface area contributed by atoms with Gasteiger partial charge >= 0.3 is 0 Å². The predicted molar refractivity (Wildman–Crippen MR) is 117 cm³/mol. The van der Waals surface area contributed by atoms with Crippen molar-refractivity contribution in [1.29, 1.82) is 0 Å². The summed E-state index contributed by atoms with van der Waals surface area (Å²) in [6.07, 6.45) is 9.47. The van der Waals surface area contributed by atoms with E-state index in [0.717, 1.165) is 27.9 Å². The molecule has 3 heterocycles. The fourth-order valence-electron chi connectivity index (χ4n) is 3.33. The Morgan fingerprint density at radius 3 is 2.94 bits per heavy atom. The molecule has 0 bridgehead atoms. The highest BCUT2D eigenvalue weighted by atomic mass is 16.7. The number of benzene rings is 1. The minimum atomic E-state index is -0.276. The van der Waals surface area contributed by atoms with Crippen LogP contribution >= 0.6 is 0 Å². The molecule has 2 aromatic heterocycles. The number of fused-ring (bicyclic) bond motifs is 2. The number of carbonyl (C=O) groups excluding carboxylic acids is 1. The molecule has 160 valence electrons. The summed E-state index contributed by atoms with van der Waals surface area (Å²) in [4.78, 5) is 24.8. The molecule has 0 spiro atoms. The summed E-state index contributed by atoms with van der Waals surface area (Å²) in [5, 5.41) is 6.62. The third kappa shape index (κ3) is 4.08. The number of nitrogens with one attached hydrogen (secondary N) is 2. The molecule has 0 saturated heterocycles. The van der Waals surface area contributed by atoms with Crippen molar-refractivity contribution in [3.8, 4) is 11.5 Å². The molecule has 3 aromatic rings. The second-order valence-electron chi connectivity index (χ2n) is 7.07. The molecule has 1 aliphatic heterocycles. The van der Waals surface area contributed by atoms with Crippen LogP contribution in [0.1, 0.15) is 16.9 Å². The van der Waals surface area contributed by atoms with Crippen molar-refractivity contribution in [1.82, 2.24) is 20.3 Å². The lowest BCUT2D eigenvalue weighted by Crippen LogP contribution is -2.18. The molecule has 1 aromatic carbocycles. The number of nitrogens with zero attached hydrogens (tertiary/aromatic N) is 3. The predicted octanol–water partition coefficient (Wildman–Crippen LogP) is 3.65. The third-order valence-electron chi connectivity index (χ3n) is 4.89. The van der Waals surface area contributed by atoms with E-state index in [1.54, 1.807) is 31.6 Å². The molecule has 9 nitrogen and oxygen atoms in total. The largest absolute Gasteiger partial charge is 0.465 e. The van der Waals surface area contributed by atoms with Gasteiger partial charge in [-0.05, 0) is 36.4 Å². The van der Waals surface area contributed by atoms with E-state index in [9.17, 15) is 4.79 Å². The summed E-state index contributed by atoms with van der Waals surface area (Å²) in [6.45, 7) is 0.238. The molecule has 0 unspecified atom stereocenters. The normalized spacial score (nSPS) is 14.7. The van der Waals surface area contributed by atoms with Crippen molar-refractivity contribution >= 4 is 22.8 Å². The lowest BCUT2D eigenvalue weighted by molar-refractivity contribution is 0.0142. The summed E-state index contributed by atoms with van der Waals surface area (Å²) in [6, 6.07) is 8.79. The van der Waals surface area contributed by atoms with Gasteiger partial charge in [-0.25, -0.2) is 9.97 Å². The Morgan fingerprint density at radius 2 is 2.03 bits per heavy atom. The van der Waals surface area contributed by atoms with Gasteiger partial charge in [0, 0.05) is 48.6 Å². The SMILES string of the molecule is CNC(=O)c1cc(Oc2ccc3nc(NC4=CC=C5OCOC=C5C4)ncc3c2)ccn1. The van der Waals surface area contributed by atoms with Gasteiger partial charge in [0.25, 0.3) is 5.91 Å². The van der Waals surface area contributed by atoms with E-state index in [-0.39, 0.29) is 18.4 Å². The molecule has 9 heteroatoms. The van der Waals surface area contributed by atoms with Gasteiger partial charge in [0.15, 0.2) is 0 Å². The summed E-state index contributed by atoms with van der Waals surface area (Å²) >= 11 is 0. The number of aromatic nitrogens is 3. The van der Waals surface area contributed by atoms with Crippen LogP contribution in [0.2, 0.25) is 0 Å². The van der Waals surface area contributed by atoms with E-state index in [2.05, 4.69) is 25.6 Å². The number of rotatable bonds is 5. The summed E-state index contributed by atoms with van der Waals surface area (Å²) in [7, 11) is 1.55. The first kappa shape index (κ1) is 19.6. The van der Waals surface area contributed by atoms with Crippen molar-refractivity contribution in [3.63, 3.8) is 0 Å². The van der Waals surface area contributed by atoms with Crippen LogP contribution in [-0.2, 0) is 9.47 Å². The standard InChI is InChI=1S/C23H19N5O4/c1-24-22(29)20-10-18(6-7-25-20)32-17-3-4-19-14(9-17)11-26-23(28-19)27-16-2-5-21-15(8-16)12-30-13-31-21/h2-7,9-12H,8,13H2,1H3,(H,24,29)(H,26,27,28). The number of hydrogen-bond donors (Lipinski definition) is 2. The Hall–Kier alpha value is -4.40. The molecule has 0 atom stereocenters. The Labute approximate surface area is 183 Å². The van der Waals surface area contributed by atoms with E-state index in [1.807, 2.05) is 30.4 Å². The van der Waals surface area contributed by atoms with Crippen LogP contribution < -0.4 is 15.4 Å². The number of amides is 1. The van der Waals surface area contributed by atoms with Crippen LogP contribution in [0, 0.1) is 0 Å². The second kappa shape index (κ2) is 8.38. The first-order valence-electron chi connectivity index (χ1n) is 9.92. The van der Waals surface area contributed by atoms with Crippen molar-refractivity contribution < 1.29 is 19.0 Å². The molecule has 5 rings (SSSR count). The summed E-state index contributed by atoms with van der Waals surface area (Å²) < 4.78 is 16.6. The molecular weight excluding hydrogens is 410 g/mol. The number of anilines is 1. The van der Waals surface area contributed by atoms with E-state index >= 15 is 0 Å². The Balaban J connectivity index is 1.32. The highest BCUT2D eigenvalue weighted by Gasteiger charge is 2.18. The maximum atomic E-state index is 11.8. The molecule has 0 radical (unpaired) electrons. The van der Waals surface area contributed by atoms with Gasteiger partial charge in [0.2, 0.25) is 12.7 Å². The second-order valence-corrected chi connectivity index (χ2v) is 7.07. The zero-order chi connectivity index (χ0) is 21.9. The number of allylic oxidation sites excluding steroid dienone is 4. The number of pyridine rings is 1. The molecule has 2 aliphatic rings. The molecule has 1 amide bonds. The van der Waals surface area contributed by atoms with E-state index in [0.29, 0.717) is 23.9 Å². The zero-order valence-corrected chi connectivity index (χ0v) is 17.2. The first-order chi connectivity index (χ1) is 15.7.